The predicted octanol–water partition coefficient (Wildman–Crippen LogP) is 2.74. The molecule has 1 saturated heterocycles. The Morgan fingerprint density at radius 3 is 2.52 bits per heavy atom. The third-order valence-electron chi connectivity index (χ3n) is 4.59. The predicted molar refractivity (Wildman–Crippen MR) is 91.7 cm³/mol. The van der Waals surface area contributed by atoms with Crippen molar-refractivity contribution >= 4 is 11.6 Å². The molecule has 0 radical (unpaired) electrons. The van der Waals surface area contributed by atoms with E-state index in [4.69, 9.17) is 0 Å². The molecule has 1 aliphatic rings. The number of nitrogens with zero attached hydrogens (tertiary/aromatic N) is 3. The van der Waals surface area contributed by atoms with E-state index in [-0.39, 0.29) is 17.8 Å². The van der Waals surface area contributed by atoms with Crippen molar-refractivity contribution in [1.29, 1.82) is 0 Å². The maximum absolute atomic E-state index is 13.1. The summed E-state index contributed by atoms with van der Waals surface area (Å²) in [6.07, 6.45) is 4.53. The average molecular weight is 339 g/mol. The third-order valence-corrected chi connectivity index (χ3v) is 4.59. The average Bonchev–Trinajstić information content (AvgIpc) is 3.05. The lowest BCUT2D eigenvalue weighted by atomic mass is 10.1. The number of likely N-dealkylation sites (tertiary alicyclic amines) is 1. The van der Waals surface area contributed by atoms with E-state index in [0.29, 0.717) is 31.5 Å². The number of aliphatic hydroxyl groups is 1. The summed E-state index contributed by atoms with van der Waals surface area (Å²) < 4.78 is 14.9. The molecule has 1 amide bonds. The first-order valence-electron chi connectivity index (χ1n) is 8.32. The molecule has 0 aliphatic carbocycles. The quantitative estimate of drug-likeness (QED) is 0.781. The van der Waals surface area contributed by atoms with Crippen LogP contribution in [0.4, 0.5) is 4.39 Å². The van der Waals surface area contributed by atoms with Crippen LogP contribution in [0.5, 0.6) is 0 Å². The van der Waals surface area contributed by atoms with Crippen molar-refractivity contribution in [2.75, 3.05) is 13.1 Å². The molecule has 1 aliphatic heterocycles. The first-order chi connectivity index (χ1) is 12.1. The number of aromatic nitrogens is 2. The van der Waals surface area contributed by atoms with Gasteiger partial charge >= 0.3 is 0 Å². The molecule has 0 atom stereocenters. The van der Waals surface area contributed by atoms with Gasteiger partial charge in [0.2, 0.25) is 0 Å². The molecule has 0 saturated carbocycles. The Morgan fingerprint density at radius 2 is 1.80 bits per heavy atom. The van der Waals surface area contributed by atoms with Gasteiger partial charge in [-0.25, -0.2) is 9.37 Å². The number of aliphatic hydroxyl groups excluding tert-OH is 1. The molecule has 0 bridgehead atoms. The fourth-order valence-corrected chi connectivity index (χ4v) is 3.13. The lowest BCUT2D eigenvalue weighted by molar-refractivity contribution is 0.0546. The number of benzene rings is 1. The van der Waals surface area contributed by atoms with E-state index < -0.39 is 0 Å². The van der Waals surface area contributed by atoms with Crippen LogP contribution >= 0.6 is 0 Å². The number of hydrogen-bond acceptors (Lipinski definition) is 3. The molecule has 0 unspecified atom stereocenters. The summed E-state index contributed by atoms with van der Waals surface area (Å²) in [5, 5.41) is 9.57. The molecule has 3 heterocycles. The van der Waals surface area contributed by atoms with Crippen LogP contribution in [0, 0.1) is 5.82 Å². The van der Waals surface area contributed by atoms with E-state index in [1.54, 1.807) is 35.4 Å². The fraction of sp³-hybridized carbons (Fsp3) is 0.263. The molecule has 1 fully saturated rings. The highest BCUT2D eigenvalue weighted by Crippen LogP contribution is 2.21. The van der Waals surface area contributed by atoms with Gasteiger partial charge in [-0.05, 0) is 49.2 Å². The van der Waals surface area contributed by atoms with Crippen LogP contribution in [0.15, 0.2) is 48.8 Å². The van der Waals surface area contributed by atoms with Crippen LogP contribution in [-0.2, 0) is 0 Å². The number of imidazole rings is 1. The molecular formula is C19H18FN3O2. The monoisotopic (exact) mass is 339 g/mol. The van der Waals surface area contributed by atoms with Crippen LogP contribution in [-0.4, -0.2) is 44.5 Å². The van der Waals surface area contributed by atoms with Gasteiger partial charge in [-0.15, -0.1) is 0 Å². The number of rotatable bonds is 2. The van der Waals surface area contributed by atoms with Crippen molar-refractivity contribution in [2.45, 2.75) is 18.9 Å². The molecule has 128 valence electrons. The molecule has 3 aromatic rings. The molecule has 0 spiro atoms. The molecule has 2 aromatic heterocycles. The second-order valence-corrected chi connectivity index (χ2v) is 6.34. The Bertz CT molecular complexity index is 912. The lowest BCUT2D eigenvalue weighted by Gasteiger charge is -2.29. The number of pyridine rings is 1. The van der Waals surface area contributed by atoms with Crippen LogP contribution in [0.3, 0.4) is 0 Å². The van der Waals surface area contributed by atoms with Gasteiger partial charge in [-0.1, -0.05) is 0 Å². The highest BCUT2D eigenvalue weighted by atomic mass is 19.1. The van der Waals surface area contributed by atoms with Gasteiger partial charge in [0.15, 0.2) is 0 Å². The minimum atomic E-state index is -0.307. The number of halogens is 1. The van der Waals surface area contributed by atoms with Crippen molar-refractivity contribution < 1.29 is 14.3 Å². The molecule has 25 heavy (non-hydrogen) atoms. The number of fused-ring (bicyclic) bond motifs is 1. The molecule has 4 rings (SSSR count). The Hall–Kier alpha value is -2.73. The number of carbonyl (C=O) groups is 1. The Labute approximate surface area is 144 Å². The zero-order valence-corrected chi connectivity index (χ0v) is 13.6. The van der Waals surface area contributed by atoms with Crippen LogP contribution < -0.4 is 0 Å². The van der Waals surface area contributed by atoms with E-state index in [1.165, 1.54) is 12.1 Å². The van der Waals surface area contributed by atoms with Crippen LogP contribution in [0.2, 0.25) is 0 Å². The number of amides is 1. The van der Waals surface area contributed by atoms with Crippen LogP contribution in [0.1, 0.15) is 23.2 Å². The molecule has 1 N–H and O–H groups in total. The highest BCUT2D eigenvalue weighted by molar-refractivity contribution is 5.94. The van der Waals surface area contributed by atoms with Crippen molar-refractivity contribution in [2.24, 2.45) is 0 Å². The topological polar surface area (TPSA) is 57.8 Å². The van der Waals surface area contributed by atoms with Gasteiger partial charge in [-0.3, -0.25) is 4.79 Å². The van der Waals surface area contributed by atoms with E-state index >= 15 is 0 Å². The summed E-state index contributed by atoms with van der Waals surface area (Å²) in [5.74, 6) is -0.321. The second kappa shape index (κ2) is 6.29. The van der Waals surface area contributed by atoms with Gasteiger partial charge in [0, 0.05) is 31.0 Å². The van der Waals surface area contributed by atoms with E-state index in [2.05, 4.69) is 4.98 Å². The van der Waals surface area contributed by atoms with Gasteiger partial charge in [0.05, 0.1) is 17.4 Å². The molecular weight excluding hydrogens is 321 g/mol. The first kappa shape index (κ1) is 15.8. The zero-order valence-electron chi connectivity index (χ0n) is 13.6. The molecule has 1 aromatic carbocycles. The summed E-state index contributed by atoms with van der Waals surface area (Å²) in [6, 6.07) is 9.74. The molecule has 5 nitrogen and oxygen atoms in total. The van der Waals surface area contributed by atoms with E-state index in [0.717, 1.165) is 16.9 Å². The standard InChI is InChI=1S/C19H18FN3O2/c20-15-4-1-13(2-5-15)17-12-23-11-14(3-6-18(23)21-17)19(25)22-9-7-16(24)8-10-22/h1-6,11-12,16,24H,7-10H2. The normalized spacial score (nSPS) is 15.7. The second-order valence-electron chi connectivity index (χ2n) is 6.34. The highest BCUT2D eigenvalue weighted by Gasteiger charge is 2.22. The smallest absolute Gasteiger partial charge is 0.255 e. The SMILES string of the molecule is O=C(c1ccc2nc(-c3ccc(F)cc3)cn2c1)N1CCC(O)CC1. The van der Waals surface area contributed by atoms with E-state index in [9.17, 15) is 14.3 Å². The minimum absolute atomic E-state index is 0.0363. The number of carbonyl (C=O) groups excluding carboxylic acids is 1. The van der Waals surface area contributed by atoms with E-state index in [1.807, 2.05) is 10.6 Å². The summed E-state index contributed by atoms with van der Waals surface area (Å²) in [5.41, 5.74) is 2.87. The Balaban J connectivity index is 1.62. The van der Waals surface area contributed by atoms with Crippen molar-refractivity contribution in [3.05, 3.63) is 60.2 Å². The molecule has 6 heteroatoms. The lowest BCUT2D eigenvalue weighted by Crippen LogP contribution is -2.40. The van der Waals surface area contributed by atoms with Crippen molar-refractivity contribution in [1.82, 2.24) is 14.3 Å². The Morgan fingerprint density at radius 1 is 1.08 bits per heavy atom. The van der Waals surface area contributed by atoms with Gasteiger partial charge < -0.3 is 14.4 Å². The number of piperidine rings is 1. The summed E-state index contributed by atoms with van der Waals surface area (Å²) in [4.78, 5) is 18.9. The first-order valence-corrected chi connectivity index (χ1v) is 8.32. The maximum atomic E-state index is 13.1. The van der Waals surface area contributed by atoms with Gasteiger partial charge in [-0.2, -0.15) is 0 Å². The Kier molecular flexibility index (Phi) is 3.97. The third kappa shape index (κ3) is 3.13. The summed E-state index contributed by atoms with van der Waals surface area (Å²) >= 11 is 0. The fourth-order valence-electron chi connectivity index (χ4n) is 3.13. The summed E-state index contributed by atoms with van der Waals surface area (Å²) in [6.45, 7) is 1.14. The van der Waals surface area contributed by atoms with Crippen molar-refractivity contribution in [3.8, 4) is 11.3 Å². The number of hydrogen-bond donors (Lipinski definition) is 1. The van der Waals surface area contributed by atoms with Crippen LogP contribution in [0.25, 0.3) is 16.9 Å². The van der Waals surface area contributed by atoms with Gasteiger partial charge in [0.1, 0.15) is 11.5 Å². The largest absolute Gasteiger partial charge is 0.393 e. The minimum Gasteiger partial charge on any atom is -0.393 e. The zero-order chi connectivity index (χ0) is 17.4. The maximum Gasteiger partial charge on any atom is 0.255 e. The van der Waals surface area contributed by atoms with Crippen molar-refractivity contribution in [3.63, 3.8) is 0 Å². The van der Waals surface area contributed by atoms with Gasteiger partial charge in [0.25, 0.3) is 5.91 Å². The summed E-state index contributed by atoms with van der Waals surface area (Å²) in [7, 11) is 0.